The number of nitrogens with one attached hydrogen (secondary N) is 1. The van der Waals surface area contributed by atoms with E-state index in [1.54, 1.807) is 10.7 Å². The van der Waals surface area contributed by atoms with Crippen molar-refractivity contribution >= 4 is 17.4 Å². The van der Waals surface area contributed by atoms with E-state index in [9.17, 15) is 4.79 Å². The molecule has 8 nitrogen and oxygen atoms in total. The number of aromatic nitrogens is 4. The van der Waals surface area contributed by atoms with Crippen molar-refractivity contribution in [1.82, 2.24) is 20.0 Å². The molecule has 4 rings (SSSR count). The number of ether oxygens (including phenoxy) is 1. The zero-order chi connectivity index (χ0) is 19.6. The number of anilines is 2. The van der Waals surface area contributed by atoms with Crippen LogP contribution in [0.5, 0.6) is 0 Å². The summed E-state index contributed by atoms with van der Waals surface area (Å²) >= 11 is 0. The molecule has 1 aromatic carbocycles. The summed E-state index contributed by atoms with van der Waals surface area (Å²) in [5.74, 6) is 0.433. The summed E-state index contributed by atoms with van der Waals surface area (Å²) in [6.45, 7) is 3.96. The van der Waals surface area contributed by atoms with Gasteiger partial charge in [-0.15, -0.1) is 10.2 Å². The molecular formula is C20H22N6O2. The lowest BCUT2D eigenvalue weighted by Gasteiger charge is -2.40. The van der Waals surface area contributed by atoms with Crippen molar-refractivity contribution in [3.63, 3.8) is 0 Å². The number of benzene rings is 1. The number of carbonyl (C=O) groups excluding carboxylic acids is 1. The number of carbonyl (C=O) groups is 1. The molecule has 1 aliphatic rings. The van der Waals surface area contributed by atoms with E-state index in [1.165, 1.54) is 0 Å². The Bertz CT molecular complexity index is 956. The van der Waals surface area contributed by atoms with Crippen LogP contribution in [0, 0.1) is 0 Å². The fraction of sp³-hybridized carbons (Fsp3) is 0.300. The maximum absolute atomic E-state index is 12.3. The van der Waals surface area contributed by atoms with Crippen LogP contribution in [-0.4, -0.2) is 45.6 Å². The smallest absolute Gasteiger partial charge is 0.276 e. The highest BCUT2D eigenvalue weighted by Gasteiger charge is 2.35. The van der Waals surface area contributed by atoms with Gasteiger partial charge in [0.15, 0.2) is 11.5 Å². The minimum absolute atomic E-state index is 0.274. The monoisotopic (exact) mass is 378 g/mol. The van der Waals surface area contributed by atoms with E-state index in [4.69, 9.17) is 4.74 Å². The molecule has 8 heteroatoms. The number of para-hydroxylation sites is 1. The Balaban J connectivity index is 1.47. The molecule has 1 saturated heterocycles. The average molecular weight is 378 g/mol. The zero-order valence-corrected chi connectivity index (χ0v) is 15.9. The summed E-state index contributed by atoms with van der Waals surface area (Å²) in [5.41, 5.74) is 1.54. The van der Waals surface area contributed by atoms with E-state index >= 15 is 0 Å². The second kappa shape index (κ2) is 7.40. The minimum Gasteiger partial charge on any atom is -0.367 e. The molecule has 28 heavy (non-hydrogen) atoms. The molecule has 0 bridgehead atoms. The molecule has 144 valence electrons. The van der Waals surface area contributed by atoms with Gasteiger partial charge in [0.25, 0.3) is 5.91 Å². The predicted octanol–water partition coefficient (Wildman–Crippen LogP) is 2.21. The van der Waals surface area contributed by atoms with Crippen molar-refractivity contribution < 1.29 is 9.53 Å². The largest absolute Gasteiger partial charge is 0.367 e. The van der Waals surface area contributed by atoms with Gasteiger partial charge in [-0.3, -0.25) is 9.48 Å². The molecule has 1 unspecified atom stereocenters. The molecule has 1 fully saturated rings. The Hall–Kier alpha value is -3.26. The maximum atomic E-state index is 12.3. The lowest BCUT2D eigenvalue weighted by molar-refractivity contribution is -0.0468. The number of amides is 1. The van der Waals surface area contributed by atoms with Crippen molar-refractivity contribution in [3.05, 3.63) is 66.1 Å². The van der Waals surface area contributed by atoms with Gasteiger partial charge in [0.05, 0.1) is 19.3 Å². The van der Waals surface area contributed by atoms with Crippen LogP contribution in [0.4, 0.5) is 11.5 Å². The van der Waals surface area contributed by atoms with Gasteiger partial charge in [-0.2, -0.15) is 5.10 Å². The Kier molecular flexibility index (Phi) is 4.79. The number of aryl methyl sites for hydroxylation is 1. The standard InChI is InChI=1S/C20H22N6O2/c1-20(15-12-21-25(2)13-15)14-26(10-11-28-20)18-9-8-17(23-24-18)19(27)22-16-6-4-3-5-7-16/h3-9,12-13H,10-11,14H2,1-2H3,(H,22,27). The summed E-state index contributed by atoms with van der Waals surface area (Å²) in [6.07, 6.45) is 3.79. The molecule has 1 amide bonds. The molecule has 0 radical (unpaired) electrons. The van der Waals surface area contributed by atoms with E-state index in [-0.39, 0.29) is 11.6 Å². The van der Waals surface area contributed by atoms with Crippen LogP contribution in [0.3, 0.4) is 0 Å². The van der Waals surface area contributed by atoms with E-state index in [2.05, 4.69) is 25.5 Å². The Morgan fingerprint density at radius 1 is 1.18 bits per heavy atom. The molecule has 3 aromatic rings. The topological polar surface area (TPSA) is 85.2 Å². The second-order valence-corrected chi connectivity index (χ2v) is 7.00. The molecule has 1 aliphatic heterocycles. The van der Waals surface area contributed by atoms with Gasteiger partial charge >= 0.3 is 0 Å². The summed E-state index contributed by atoms with van der Waals surface area (Å²) in [4.78, 5) is 14.4. The highest BCUT2D eigenvalue weighted by atomic mass is 16.5. The van der Waals surface area contributed by atoms with Crippen LogP contribution in [0.2, 0.25) is 0 Å². The van der Waals surface area contributed by atoms with Gasteiger partial charge in [0.2, 0.25) is 0 Å². The first-order chi connectivity index (χ1) is 13.5. The third kappa shape index (κ3) is 3.72. The summed E-state index contributed by atoms with van der Waals surface area (Å²) in [6, 6.07) is 12.8. The fourth-order valence-electron chi connectivity index (χ4n) is 3.27. The van der Waals surface area contributed by atoms with Crippen LogP contribution < -0.4 is 10.2 Å². The van der Waals surface area contributed by atoms with Crippen LogP contribution in [0.1, 0.15) is 23.0 Å². The van der Waals surface area contributed by atoms with Gasteiger partial charge in [-0.05, 0) is 31.2 Å². The van der Waals surface area contributed by atoms with Crippen molar-refractivity contribution in [2.75, 3.05) is 29.9 Å². The molecule has 0 spiro atoms. The van der Waals surface area contributed by atoms with Crippen molar-refractivity contribution in [1.29, 1.82) is 0 Å². The summed E-state index contributed by atoms with van der Waals surface area (Å²) in [7, 11) is 1.89. The molecule has 0 saturated carbocycles. The minimum atomic E-state index is -0.475. The SMILES string of the molecule is Cn1cc(C2(C)CN(c3ccc(C(=O)Nc4ccccc4)nn3)CCO2)cn1. The van der Waals surface area contributed by atoms with Crippen molar-refractivity contribution in [3.8, 4) is 0 Å². The number of hydrogen-bond donors (Lipinski definition) is 1. The number of nitrogens with zero attached hydrogens (tertiary/aromatic N) is 5. The quantitative estimate of drug-likeness (QED) is 0.749. The van der Waals surface area contributed by atoms with Crippen molar-refractivity contribution in [2.24, 2.45) is 7.05 Å². The zero-order valence-electron chi connectivity index (χ0n) is 15.9. The van der Waals surface area contributed by atoms with Crippen molar-refractivity contribution in [2.45, 2.75) is 12.5 Å². The predicted molar refractivity (Wildman–Crippen MR) is 105 cm³/mol. The van der Waals surface area contributed by atoms with Crippen LogP contribution >= 0.6 is 0 Å². The van der Waals surface area contributed by atoms with E-state index < -0.39 is 5.60 Å². The third-order valence-corrected chi connectivity index (χ3v) is 4.83. The summed E-state index contributed by atoms with van der Waals surface area (Å²) in [5, 5.41) is 15.4. The molecule has 1 atom stereocenters. The Morgan fingerprint density at radius 3 is 2.68 bits per heavy atom. The first-order valence-electron chi connectivity index (χ1n) is 9.12. The average Bonchev–Trinajstić information content (AvgIpc) is 3.16. The highest BCUT2D eigenvalue weighted by Crippen LogP contribution is 2.30. The number of rotatable bonds is 4. The summed E-state index contributed by atoms with van der Waals surface area (Å²) < 4.78 is 7.80. The molecule has 0 aliphatic carbocycles. The first-order valence-corrected chi connectivity index (χ1v) is 9.12. The lowest BCUT2D eigenvalue weighted by Crippen LogP contribution is -2.48. The van der Waals surface area contributed by atoms with Crippen LogP contribution in [-0.2, 0) is 17.4 Å². The van der Waals surface area contributed by atoms with Crippen LogP contribution in [0.15, 0.2) is 54.9 Å². The van der Waals surface area contributed by atoms with Gasteiger partial charge in [0.1, 0.15) is 5.60 Å². The number of morpholine rings is 1. The van der Waals surface area contributed by atoms with Gasteiger partial charge < -0.3 is 15.0 Å². The van der Waals surface area contributed by atoms with Gasteiger partial charge in [0, 0.05) is 31.0 Å². The lowest BCUT2D eigenvalue weighted by atomic mass is 9.97. The normalized spacial score (nSPS) is 19.4. The fourth-order valence-corrected chi connectivity index (χ4v) is 3.27. The second-order valence-electron chi connectivity index (χ2n) is 7.00. The van der Waals surface area contributed by atoms with Gasteiger partial charge in [-0.25, -0.2) is 0 Å². The Morgan fingerprint density at radius 2 is 2.00 bits per heavy atom. The van der Waals surface area contributed by atoms with E-state index in [1.807, 2.05) is 62.8 Å². The number of hydrogen-bond acceptors (Lipinski definition) is 6. The molecule has 1 N–H and O–H groups in total. The van der Waals surface area contributed by atoms with Gasteiger partial charge in [-0.1, -0.05) is 18.2 Å². The van der Waals surface area contributed by atoms with E-state index in [0.29, 0.717) is 19.7 Å². The molecule has 3 heterocycles. The maximum Gasteiger partial charge on any atom is 0.276 e. The first kappa shape index (κ1) is 18.1. The Labute approximate surface area is 163 Å². The third-order valence-electron chi connectivity index (χ3n) is 4.83. The highest BCUT2D eigenvalue weighted by molar-refractivity contribution is 6.02. The van der Waals surface area contributed by atoms with E-state index in [0.717, 1.165) is 17.1 Å². The molecule has 2 aromatic heterocycles. The van der Waals surface area contributed by atoms with Crippen LogP contribution in [0.25, 0.3) is 0 Å². The molecular weight excluding hydrogens is 356 g/mol.